The minimum absolute atomic E-state index is 0.361. The van der Waals surface area contributed by atoms with E-state index in [1.54, 1.807) is 0 Å². The van der Waals surface area contributed by atoms with Crippen molar-refractivity contribution >= 4 is 0 Å². The highest BCUT2D eigenvalue weighted by Crippen LogP contribution is 2.36. The van der Waals surface area contributed by atoms with Gasteiger partial charge in [0.2, 0.25) is 0 Å². The first-order valence-electron chi connectivity index (χ1n) is 7.00. The second kappa shape index (κ2) is 4.66. The largest absolute Gasteiger partial charge is 0.288 e. The second-order valence-electron chi connectivity index (χ2n) is 6.32. The Bertz CT molecular complexity index is 231. The molecule has 0 N–H and O–H groups in total. The van der Waals surface area contributed by atoms with E-state index in [0.29, 0.717) is 11.7 Å². The molecule has 0 spiro atoms. The SMILES string of the molecule is CC1CCC(N2CCCCC2)N(C)C1(C)C. The Morgan fingerprint density at radius 2 is 1.62 bits per heavy atom. The molecule has 0 aromatic rings. The molecule has 2 aliphatic rings. The molecule has 2 nitrogen and oxygen atoms in total. The van der Waals surface area contributed by atoms with Crippen LogP contribution in [0.2, 0.25) is 0 Å². The van der Waals surface area contributed by atoms with Gasteiger partial charge in [0.25, 0.3) is 0 Å². The molecule has 2 heteroatoms. The van der Waals surface area contributed by atoms with Crippen LogP contribution < -0.4 is 0 Å². The van der Waals surface area contributed by atoms with Crippen molar-refractivity contribution in [2.24, 2.45) is 5.92 Å². The van der Waals surface area contributed by atoms with Crippen molar-refractivity contribution in [1.29, 1.82) is 0 Å². The lowest BCUT2D eigenvalue weighted by atomic mass is 9.79. The highest BCUT2D eigenvalue weighted by Gasteiger charge is 2.40. The summed E-state index contributed by atoms with van der Waals surface area (Å²) in [6, 6.07) is 0. The molecule has 16 heavy (non-hydrogen) atoms. The smallest absolute Gasteiger partial charge is 0.0624 e. The maximum absolute atomic E-state index is 2.72. The second-order valence-corrected chi connectivity index (χ2v) is 6.32. The van der Waals surface area contributed by atoms with Crippen molar-refractivity contribution < 1.29 is 0 Å². The van der Waals surface area contributed by atoms with Gasteiger partial charge in [0.1, 0.15) is 0 Å². The van der Waals surface area contributed by atoms with Gasteiger partial charge in [0, 0.05) is 5.54 Å². The number of hydrogen-bond donors (Lipinski definition) is 0. The monoisotopic (exact) mass is 224 g/mol. The van der Waals surface area contributed by atoms with Crippen LogP contribution in [0.15, 0.2) is 0 Å². The minimum Gasteiger partial charge on any atom is -0.288 e. The fourth-order valence-electron chi connectivity index (χ4n) is 3.32. The molecule has 0 aromatic carbocycles. The number of rotatable bonds is 1. The Labute approximate surface area is 101 Å². The van der Waals surface area contributed by atoms with Crippen LogP contribution in [0.4, 0.5) is 0 Å². The van der Waals surface area contributed by atoms with Gasteiger partial charge in [-0.25, -0.2) is 0 Å². The maximum atomic E-state index is 2.72. The predicted octanol–water partition coefficient (Wildman–Crippen LogP) is 2.94. The zero-order chi connectivity index (χ0) is 11.8. The Morgan fingerprint density at radius 3 is 2.25 bits per heavy atom. The summed E-state index contributed by atoms with van der Waals surface area (Å²) in [5, 5.41) is 0. The van der Waals surface area contributed by atoms with E-state index in [1.807, 2.05) is 0 Å². The highest BCUT2D eigenvalue weighted by molar-refractivity contribution is 4.93. The first-order chi connectivity index (χ1) is 7.53. The third-order valence-corrected chi connectivity index (χ3v) is 5.23. The molecule has 0 saturated carbocycles. The van der Waals surface area contributed by atoms with Crippen LogP contribution in [0.1, 0.15) is 52.9 Å². The normalized spacial score (nSPS) is 37.5. The van der Waals surface area contributed by atoms with Crippen LogP contribution in [-0.4, -0.2) is 41.6 Å². The van der Waals surface area contributed by atoms with E-state index in [2.05, 4.69) is 37.6 Å². The van der Waals surface area contributed by atoms with Crippen molar-refractivity contribution in [2.45, 2.75) is 64.6 Å². The molecule has 2 rings (SSSR count). The summed E-state index contributed by atoms with van der Waals surface area (Å²) in [6.07, 6.45) is 7.69. The van der Waals surface area contributed by atoms with E-state index in [9.17, 15) is 0 Å². The van der Waals surface area contributed by atoms with Crippen LogP contribution in [-0.2, 0) is 0 Å². The summed E-state index contributed by atoms with van der Waals surface area (Å²) in [5.74, 6) is 0.818. The van der Waals surface area contributed by atoms with Gasteiger partial charge in [0.15, 0.2) is 0 Å². The highest BCUT2D eigenvalue weighted by atomic mass is 15.4. The number of nitrogens with zero attached hydrogens (tertiary/aromatic N) is 2. The van der Waals surface area contributed by atoms with Crippen molar-refractivity contribution in [3.8, 4) is 0 Å². The van der Waals surface area contributed by atoms with Gasteiger partial charge >= 0.3 is 0 Å². The molecule has 0 bridgehead atoms. The molecule has 2 atom stereocenters. The third-order valence-electron chi connectivity index (χ3n) is 5.23. The van der Waals surface area contributed by atoms with Gasteiger partial charge in [-0.2, -0.15) is 0 Å². The lowest BCUT2D eigenvalue weighted by Gasteiger charge is -2.53. The lowest BCUT2D eigenvalue weighted by Crippen LogP contribution is -2.61. The van der Waals surface area contributed by atoms with Gasteiger partial charge < -0.3 is 0 Å². The standard InChI is InChI=1S/C14H28N2/c1-12-8-9-13(15(4)14(12,2)3)16-10-6-5-7-11-16/h12-13H,5-11H2,1-4H3. The zero-order valence-corrected chi connectivity index (χ0v) is 11.5. The Morgan fingerprint density at radius 1 is 1.00 bits per heavy atom. The fourth-order valence-corrected chi connectivity index (χ4v) is 3.32. The van der Waals surface area contributed by atoms with E-state index in [1.165, 1.54) is 45.2 Å². The number of likely N-dealkylation sites (tertiary alicyclic amines) is 2. The van der Waals surface area contributed by atoms with Crippen molar-refractivity contribution in [3.63, 3.8) is 0 Å². The molecule has 2 fully saturated rings. The average Bonchev–Trinajstić information content (AvgIpc) is 2.28. The van der Waals surface area contributed by atoms with Crippen LogP contribution in [0, 0.1) is 5.92 Å². The molecule has 0 amide bonds. The van der Waals surface area contributed by atoms with E-state index in [-0.39, 0.29) is 0 Å². The van der Waals surface area contributed by atoms with Crippen LogP contribution in [0.3, 0.4) is 0 Å². The van der Waals surface area contributed by atoms with Gasteiger partial charge in [-0.05, 0) is 65.6 Å². The van der Waals surface area contributed by atoms with Gasteiger partial charge in [-0.3, -0.25) is 9.80 Å². The summed E-state index contributed by atoms with van der Waals surface area (Å²) in [5.41, 5.74) is 0.361. The zero-order valence-electron chi connectivity index (χ0n) is 11.5. The molecular formula is C14H28N2. The molecule has 94 valence electrons. The average molecular weight is 224 g/mol. The molecule has 2 saturated heterocycles. The van der Waals surface area contributed by atoms with Crippen molar-refractivity contribution in [3.05, 3.63) is 0 Å². The molecule has 2 unspecified atom stereocenters. The fraction of sp³-hybridized carbons (Fsp3) is 1.00. The van der Waals surface area contributed by atoms with Gasteiger partial charge in [-0.1, -0.05) is 13.3 Å². The van der Waals surface area contributed by atoms with E-state index in [4.69, 9.17) is 0 Å². The quantitative estimate of drug-likeness (QED) is 0.676. The predicted molar refractivity (Wildman–Crippen MR) is 69.5 cm³/mol. The molecule has 2 heterocycles. The summed E-state index contributed by atoms with van der Waals surface area (Å²) in [4.78, 5) is 5.35. The van der Waals surface area contributed by atoms with Crippen LogP contribution in [0.5, 0.6) is 0 Å². The third kappa shape index (κ3) is 2.14. The summed E-state index contributed by atoms with van der Waals surface area (Å²) >= 11 is 0. The molecule has 0 aromatic heterocycles. The summed E-state index contributed by atoms with van der Waals surface area (Å²) in [6.45, 7) is 9.86. The topological polar surface area (TPSA) is 6.48 Å². The summed E-state index contributed by atoms with van der Waals surface area (Å²) in [7, 11) is 2.33. The van der Waals surface area contributed by atoms with Crippen molar-refractivity contribution in [2.75, 3.05) is 20.1 Å². The maximum Gasteiger partial charge on any atom is 0.0624 e. The number of hydrogen-bond acceptors (Lipinski definition) is 2. The first kappa shape index (κ1) is 12.4. The number of piperidine rings is 2. The van der Waals surface area contributed by atoms with Gasteiger partial charge in [0.05, 0.1) is 6.17 Å². The van der Waals surface area contributed by atoms with Crippen LogP contribution in [0.25, 0.3) is 0 Å². The van der Waals surface area contributed by atoms with E-state index >= 15 is 0 Å². The molecular weight excluding hydrogens is 196 g/mol. The molecule has 2 aliphatic heterocycles. The minimum atomic E-state index is 0.361. The Balaban J connectivity index is 2.05. The van der Waals surface area contributed by atoms with E-state index in [0.717, 1.165) is 5.92 Å². The first-order valence-corrected chi connectivity index (χ1v) is 7.00. The summed E-state index contributed by atoms with van der Waals surface area (Å²) < 4.78 is 0. The van der Waals surface area contributed by atoms with Crippen LogP contribution >= 0.6 is 0 Å². The van der Waals surface area contributed by atoms with Crippen molar-refractivity contribution in [1.82, 2.24) is 9.80 Å². The Hall–Kier alpha value is -0.0800. The Kier molecular flexibility index (Phi) is 3.60. The molecule has 0 aliphatic carbocycles. The lowest BCUT2D eigenvalue weighted by molar-refractivity contribution is -0.0714. The van der Waals surface area contributed by atoms with E-state index < -0.39 is 0 Å². The molecule has 0 radical (unpaired) electrons. The van der Waals surface area contributed by atoms with Gasteiger partial charge in [-0.15, -0.1) is 0 Å².